The van der Waals surface area contributed by atoms with Crippen molar-refractivity contribution in [3.05, 3.63) is 34.9 Å². The highest BCUT2D eigenvalue weighted by molar-refractivity contribution is 5.35. The molecule has 92 valence electrons. The van der Waals surface area contributed by atoms with Gasteiger partial charge in [-0.3, -0.25) is 0 Å². The summed E-state index contributed by atoms with van der Waals surface area (Å²) >= 11 is 0. The monoisotopic (exact) mass is 231 g/mol. The highest BCUT2D eigenvalue weighted by Crippen LogP contribution is 2.42. The van der Waals surface area contributed by atoms with E-state index in [4.69, 9.17) is 0 Å². The van der Waals surface area contributed by atoms with E-state index in [0.29, 0.717) is 6.42 Å². The van der Waals surface area contributed by atoms with E-state index in [1.807, 2.05) is 45.9 Å². The van der Waals surface area contributed by atoms with Crippen LogP contribution >= 0.6 is 0 Å². The number of benzene rings is 1. The van der Waals surface area contributed by atoms with Gasteiger partial charge in [-0.05, 0) is 50.8 Å². The van der Waals surface area contributed by atoms with Crippen molar-refractivity contribution in [2.24, 2.45) is 5.41 Å². The molecule has 0 saturated heterocycles. The Kier molecular flexibility index (Phi) is 3.64. The van der Waals surface area contributed by atoms with Crippen LogP contribution in [0.2, 0.25) is 0 Å². The summed E-state index contributed by atoms with van der Waals surface area (Å²) in [6, 6.07) is 8.13. The van der Waals surface area contributed by atoms with Crippen molar-refractivity contribution in [2.75, 3.05) is 0 Å². The van der Waals surface area contributed by atoms with E-state index < -0.39 is 11.0 Å². The predicted molar refractivity (Wildman–Crippen MR) is 69.5 cm³/mol. The van der Waals surface area contributed by atoms with E-state index in [1.54, 1.807) is 6.92 Å². The molecule has 0 amide bonds. The molecule has 2 nitrogen and oxygen atoms in total. The van der Waals surface area contributed by atoms with Crippen LogP contribution in [0.15, 0.2) is 18.2 Å². The second kappa shape index (κ2) is 4.50. The van der Waals surface area contributed by atoms with Crippen LogP contribution in [-0.4, -0.2) is 5.11 Å². The van der Waals surface area contributed by atoms with Crippen LogP contribution in [-0.2, 0) is 5.60 Å². The second-order valence-electron chi connectivity index (χ2n) is 5.17. The zero-order valence-electron chi connectivity index (χ0n) is 11.3. The number of aryl methyl sites for hydroxylation is 2. The van der Waals surface area contributed by atoms with Crippen LogP contribution in [0.5, 0.6) is 0 Å². The fourth-order valence-electron chi connectivity index (χ4n) is 1.89. The van der Waals surface area contributed by atoms with Crippen molar-refractivity contribution in [1.82, 2.24) is 0 Å². The third-order valence-corrected chi connectivity index (χ3v) is 4.10. The lowest BCUT2D eigenvalue weighted by Gasteiger charge is -2.37. The minimum Gasteiger partial charge on any atom is -0.384 e. The zero-order valence-corrected chi connectivity index (χ0v) is 11.3. The maximum absolute atomic E-state index is 10.7. The van der Waals surface area contributed by atoms with Gasteiger partial charge in [0.1, 0.15) is 5.60 Å². The van der Waals surface area contributed by atoms with Crippen LogP contribution < -0.4 is 0 Å². The Morgan fingerprint density at radius 3 is 2.24 bits per heavy atom. The molecular formula is C15H21NO. The molecule has 0 fully saturated rings. The quantitative estimate of drug-likeness (QED) is 0.865. The van der Waals surface area contributed by atoms with E-state index in [9.17, 15) is 10.4 Å². The van der Waals surface area contributed by atoms with E-state index in [2.05, 4.69) is 6.07 Å². The van der Waals surface area contributed by atoms with Crippen molar-refractivity contribution in [2.45, 2.75) is 46.6 Å². The summed E-state index contributed by atoms with van der Waals surface area (Å²) < 4.78 is 0. The predicted octanol–water partition coefficient (Wildman–Crippen LogP) is 3.45. The van der Waals surface area contributed by atoms with Gasteiger partial charge < -0.3 is 5.11 Å². The van der Waals surface area contributed by atoms with Gasteiger partial charge in [0.2, 0.25) is 0 Å². The summed E-state index contributed by atoms with van der Waals surface area (Å²) in [5.41, 5.74) is 1.24. The maximum Gasteiger partial charge on any atom is 0.105 e. The van der Waals surface area contributed by atoms with Crippen molar-refractivity contribution >= 4 is 0 Å². The van der Waals surface area contributed by atoms with Gasteiger partial charge in [0.25, 0.3) is 0 Å². The van der Waals surface area contributed by atoms with Gasteiger partial charge in [0.05, 0.1) is 11.5 Å². The lowest BCUT2D eigenvalue weighted by atomic mass is 9.69. The Hall–Kier alpha value is -1.33. The second-order valence-corrected chi connectivity index (χ2v) is 5.17. The molecule has 0 spiro atoms. The molecule has 0 aliphatic rings. The average molecular weight is 231 g/mol. The Morgan fingerprint density at radius 1 is 1.24 bits per heavy atom. The largest absolute Gasteiger partial charge is 0.384 e. The topological polar surface area (TPSA) is 44.0 Å². The Labute approximate surface area is 104 Å². The first-order valence-corrected chi connectivity index (χ1v) is 6.00. The standard InChI is InChI=1S/C15H21NO/c1-6-14(4,10-16)15(5,17)13-8-7-11(2)12(3)9-13/h7-9,17H,6H2,1-5H3. The molecule has 0 saturated carbocycles. The number of hydrogen-bond acceptors (Lipinski definition) is 2. The first-order valence-electron chi connectivity index (χ1n) is 6.00. The lowest BCUT2D eigenvalue weighted by Crippen LogP contribution is -2.40. The molecule has 1 aromatic carbocycles. The summed E-state index contributed by atoms with van der Waals surface area (Å²) in [6.45, 7) is 9.52. The molecule has 1 aromatic rings. The van der Waals surface area contributed by atoms with Gasteiger partial charge in [0, 0.05) is 0 Å². The molecule has 17 heavy (non-hydrogen) atoms. The fraction of sp³-hybridized carbons (Fsp3) is 0.533. The van der Waals surface area contributed by atoms with Crippen molar-refractivity contribution in [3.63, 3.8) is 0 Å². The zero-order chi connectivity index (χ0) is 13.3. The molecule has 1 rings (SSSR count). The molecule has 1 N–H and O–H groups in total. The molecule has 2 atom stereocenters. The van der Waals surface area contributed by atoms with Crippen molar-refractivity contribution in [3.8, 4) is 6.07 Å². The van der Waals surface area contributed by atoms with Crippen LogP contribution in [0, 0.1) is 30.6 Å². The summed E-state index contributed by atoms with van der Waals surface area (Å²) in [6.07, 6.45) is 0.615. The molecule has 2 unspecified atom stereocenters. The van der Waals surface area contributed by atoms with E-state index in [1.165, 1.54) is 5.56 Å². The molecule has 0 radical (unpaired) electrons. The Balaban J connectivity index is 3.31. The van der Waals surface area contributed by atoms with Gasteiger partial charge in [0.15, 0.2) is 0 Å². The van der Waals surface area contributed by atoms with Crippen LogP contribution in [0.4, 0.5) is 0 Å². The highest BCUT2D eigenvalue weighted by atomic mass is 16.3. The normalized spacial score (nSPS) is 17.9. The number of rotatable bonds is 3. The molecule has 0 aliphatic carbocycles. The first-order chi connectivity index (χ1) is 7.78. The summed E-state index contributed by atoms with van der Waals surface area (Å²) in [4.78, 5) is 0. The number of hydrogen-bond donors (Lipinski definition) is 1. The van der Waals surface area contributed by atoms with Crippen LogP contribution in [0.1, 0.15) is 43.9 Å². The third kappa shape index (κ3) is 2.21. The number of nitrogens with zero attached hydrogens (tertiary/aromatic N) is 1. The van der Waals surface area contributed by atoms with Crippen molar-refractivity contribution < 1.29 is 5.11 Å². The molecular weight excluding hydrogens is 210 g/mol. The van der Waals surface area contributed by atoms with E-state index >= 15 is 0 Å². The van der Waals surface area contributed by atoms with E-state index in [0.717, 1.165) is 11.1 Å². The fourth-order valence-corrected chi connectivity index (χ4v) is 1.89. The van der Waals surface area contributed by atoms with Gasteiger partial charge >= 0.3 is 0 Å². The summed E-state index contributed by atoms with van der Waals surface area (Å²) in [5.74, 6) is 0. The van der Waals surface area contributed by atoms with E-state index in [-0.39, 0.29) is 0 Å². The van der Waals surface area contributed by atoms with Gasteiger partial charge in [-0.25, -0.2) is 0 Å². The summed E-state index contributed by atoms with van der Waals surface area (Å²) in [7, 11) is 0. The van der Waals surface area contributed by atoms with Gasteiger partial charge in [-0.2, -0.15) is 5.26 Å². The van der Waals surface area contributed by atoms with Gasteiger partial charge in [-0.1, -0.05) is 25.1 Å². The van der Waals surface area contributed by atoms with Crippen LogP contribution in [0.25, 0.3) is 0 Å². The SMILES string of the molecule is CCC(C)(C#N)C(C)(O)c1ccc(C)c(C)c1. The lowest BCUT2D eigenvalue weighted by molar-refractivity contribution is -0.0380. The first kappa shape index (κ1) is 13.7. The minimum atomic E-state index is -1.13. The summed E-state index contributed by atoms with van der Waals surface area (Å²) in [5, 5.41) is 20.0. The molecule has 0 aliphatic heterocycles. The average Bonchev–Trinajstić information content (AvgIpc) is 2.31. The van der Waals surface area contributed by atoms with Gasteiger partial charge in [-0.15, -0.1) is 0 Å². The number of aliphatic hydroxyl groups is 1. The maximum atomic E-state index is 10.7. The smallest absolute Gasteiger partial charge is 0.105 e. The minimum absolute atomic E-state index is 0.615. The highest BCUT2D eigenvalue weighted by Gasteiger charge is 2.43. The molecule has 0 bridgehead atoms. The Morgan fingerprint density at radius 2 is 1.82 bits per heavy atom. The van der Waals surface area contributed by atoms with Crippen molar-refractivity contribution in [1.29, 1.82) is 5.26 Å². The number of nitriles is 1. The molecule has 0 aromatic heterocycles. The molecule has 2 heteroatoms. The third-order valence-electron chi connectivity index (χ3n) is 4.10. The van der Waals surface area contributed by atoms with Crippen LogP contribution in [0.3, 0.4) is 0 Å². The molecule has 0 heterocycles. The Bertz CT molecular complexity index is 456.